The zero-order valence-corrected chi connectivity index (χ0v) is 70.8. The number of nitrogens with zero attached hydrogens (tertiary/aromatic N) is 16. The minimum absolute atomic E-state index is 0. The molecule has 6 aliphatic rings. The van der Waals surface area contributed by atoms with Crippen molar-refractivity contribution in [2.24, 2.45) is 29.2 Å². The smallest absolute Gasteiger partial charge is 0.257 e. The van der Waals surface area contributed by atoms with Crippen LogP contribution in [0.5, 0.6) is 0 Å². The molecule has 0 bridgehead atoms. The molecule has 5 aromatic carbocycles. The summed E-state index contributed by atoms with van der Waals surface area (Å²) in [5.41, 5.74) is 20.6. The number of aromatic nitrogens is 8. The van der Waals surface area contributed by atoms with E-state index >= 15 is 0 Å². The summed E-state index contributed by atoms with van der Waals surface area (Å²) in [6, 6.07) is 43.3. The number of nitrogens with two attached hydrogens (primary N) is 2. The standard InChI is InChI=1S/C26H28N4O2.C25H30N6O2.C22H27FN4O2.C21H24N6O2.2H2/c1-19(31)8-7-15-27-25(32)23-18-28-26(30-16-5-6-17-30)29-24(23)22-13-11-21(12-14-22)20-9-3-2-4-10-20;1-16-5-2-3-7-21(16)29-24(33)20-14-28-25(31-12-4-6-19(15-31)23(27)32)30-22(20)18-10-8-17(13-26)9-11-18;1-26(16-7-3-2-4-8-16)21(28)18-15-24-22(27-11-13-29-14-12-27)25-20(18)17-9-5-6-10-19(17)23;1-3-26(2)20(29)17-12-24-21(27-10-4-5-16(13-27)19(23)28)25-18(17)15-8-6-14(11-22)7-9-15;;/h2-4,9-14,18H,5-8,15-17H2,1H3,(H,27,32);8-11,14,16,19,21H,2-7,12,15H2,1H3,(H2,27,32)(H,29,33);5-6,9-10,15-16H,2-4,7-8,11-14H2,1H3;6-9,12,16H,3-5,10,13H2,1-2H3,(H2,23,28);2*1H. The van der Waals surface area contributed by atoms with E-state index in [4.69, 9.17) is 36.7 Å². The van der Waals surface area contributed by atoms with E-state index in [1.807, 2.05) is 59.0 Å². The number of nitriles is 2. The summed E-state index contributed by atoms with van der Waals surface area (Å²) in [5.74, 6) is 0.422. The lowest BCUT2D eigenvalue weighted by Crippen LogP contribution is -2.42. The second-order valence-corrected chi connectivity index (χ2v) is 32.1. The van der Waals surface area contributed by atoms with Crippen LogP contribution in [-0.2, 0) is 19.1 Å². The molecule has 28 nitrogen and oxygen atoms in total. The van der Waals surface area contributed by atoms with Crippen LogP contribution in [0.4, 0.5) is 28.2 Å². The van der Waals surface area contributed by atoms with Crippen molar-refractivity contribution in [2.45, 2.75) is 142 Å². The van der Waals surface area contributed by atoms with Crippen LogP contribution in [-0.4, -0.2) is 196 Å². The zero-order valence-electron chi connectivity index (χ0n) is 70.8. The first kappa shape index (κ1) is 89.2. The number of Topliss-reactive ketones (excluding diaryl/α,β-unsaturated/α-hetero) is 1. The van der Waals surface area contributed by atoms with E-state index in [0.29, 0.717) is 157 Å². The molecule has 123 heavy (non-hydrogen) atoms. The molecule has 2 aliphatic carbocycles. The molecule has 8 heterocycles. The fourth-order valence-corrected chi connectivity index (χ4v) is 16.2. The van der Waals surface area contributed by atoms with Gasteiger partial charge in [0.1, 0.15) is 11.6 Å². The number of amides is 6. The highest BCUT2D eigenvalue weighted by molar-refractivity contribution is 6.02. The largest absolute Gasteiger partial charge is 0.378 e. The number of carbonyl (C=O) groups is 7. The van der Waals surface area contributed by atoms with Gasteiger partial charge in [0, 0.05) is 148 Å². The van der Waals surface area contributed by atoms with E-state index in [-0.39, 0.29) is 68.0 Å². The maximum Gasteiger partial charge on any atom is 0.257 e. The molecule has 4 saturated heterocycles. The zero-order chi connectivity index (χ0) is 86.9. The van der Waals surface area contributed by atoms with E-state index in [9.17, 15) is 38.0 Å². The highest BCUT2D eigenvalue weighted by atomic mass is 19.1. The molecule has 0 radical (unpaired) electrons. The third kappa shape index (κ3) is 23.4. The molecule has 15 rings (SSSR count). The maximum atomic E-state index is 14.6. The second kappa shape index (κ2) is 43.5. The van der Waals surface area contributed by atoms with Gasteiger partial charge in [0.05, 0.1) is 93.3 Å². The highest BCUT2D eigenvalue weighted by Gasteiger charge is 2.33. The Labute approximate surface area is 721 Å². The van der Waals surface area contributed by atoms with Crippen molar-refractivity contribution in [1.29, 1.82) is 10.5 Å². The van der Waals surface area contributed by atoms with Gasteiger partial charge >= 0.3 is 0 Å². The Hall–Kier alpha value is -13.0. The quantitative estimate of drug-likeness (QED) is 0.0458. The third-order valence-electron chi connectivity index (χ3n) is 23.6. The van der Waals surface area contributed by atoms with E-state index in [1.54, 1.807) is 109 Å². The number of ketones is 1. The van der Waals surface area contributed by atoms with Crippen LogP contribution < -0.4 is 41.7 Å². The first-order valence-corrected chi connectivity index (χ1v) is 42.8. The number of piperidine rings is 2. The van der Waals surface area contributed by atoms with Gasteiger partial charge in [-0.05, 0) is 138 Å². The number of primary amides is 2. The number of anilines is 4. The average Bonchev–Trinajstić information content (AvgIpc) is 1.55. The van der Waals surface area contributed by atoms with Gasteiger partial charge in [0.2, 0.25) is 35.6 Å². The number of ether oxygens (including phenoxy) is 1. The molecule has 6 amide bonds. The van der Waals surface area contributed by atoms with Crippen LogP contribution in [0.25, 0.3) is 56.2 Å². The molecule has 644 valence electrons. The monoisotopic (exact) mass is 1670 g/mol. The molecule has 4 aromatic heterocycles. The van der Waals surface area contributed by atoms with Crippen LogP contribution in [0.2, 0.25) is 0 Å². The summed E-state index contributed by atoms with van der Waals surface area (Å²) in [6.07, 6.45) is 22.7. The SMILES string of the molecule is CC(=O)CCCNC(=O)c1cnc(N2CCCC2)nc1-c1ccc(-c2ccccc2)cc1.CC1CCCCC1NC(=O)c1cnc(N2CCCC(C(N)=O)C2)nc1-c1ccc(C#N)cc1.CCN(C)C(=O)c1cnc(N2CCCC(C(N)=O)C2)nc1-c1ccc(C#N)cc1.CN(C(=O)c1cnc(N2CCOCC2)nc1-c1ccccc1F)C1CCCCC1.[HH].[HH]. The number of nitrogens with one attached hydrogen (secondary N) is 2. The summed E-state index contributed by atoms with van der Waals surface area (Å²) in [6.45, 7) is 13.4. The fraction of sp³-hybridized carbons (Fsp3) is 0.415. The van der Waals surface area contributed by atoms with Crippen molar-refractivity contribution < 1.29 is 45.5 Å². The Morgan fingerprint density at radius 2 is 0.943 bits per heavy atom. The lowest BCUT2D eigenvalue weighted by molar-refractivity contribution is -0.122. The number of hydrogen-bond donors (Lipinski definition) is 4. The Kier molecular flexibility index (Phi) is 31.5. The maximum absolute atomic E-state index is 14.6. The predicted molar refractivity (Wildman–Crippen MR) is 474 cm³/mol. The predicted octanol–water partition coefficient (Wildman–Crippen LogP) is 13.4. The fourth-order valence-electron chi connectivity index (χ4n) is 16.2. The molecule has 9 aromatic rings. The molecule has 6 fully saturated rings. The van der Waals surface area contributed by atoms with Gasteiger partial charge in [-0.3, -0.25) is 28.8 Å². The average molecular weight is 1670 g/mol. The number of rotatable bonds is 22. The van der Waals surface area contributed by atoms with Gasteiger partial charge < -0.3 is 61.0 Å². The summed E-state index contributed by atoms with van der Waals surface area (Å²) in [7, 11) is 3.56. The van der Waals surface area contributed by atoms with Crippen molar-refractivity contribution in [2.75, 3.05) is 112 Å². The van der Waals surface area contributed by atoms with Crippen LogP contribution in [0.1, 0.15) is 185 Å². The van der Waals surface area contributed by atoms with Gasteiger partial charge in [-0.2, -0.15) is 10.5 Å². The number of benzene rings is 5. The van der Waals surface area contributed by atoms with Crippen LogP contribution >= 0.6 is 0 Å². The summed E-state index contributed by atoms with van der Waals surface area (Å²) in [4.78, 5) is 135. The van der Waals surface area contributed by atoms with Gasteiger partial charge in [-0.15, -0.1) is 0 Å². The molecule has 4 atom stereocenters. The van der Waals surface area contributed by atoms with Crippen LogP contribution in [0.15, 0.2) is 152 Å². The Morgan fingerprint density at radius 1 is 0.504 bits per heavy atom. The minimum Gasteiger partial charge on any atom is -0.378 e. The molecule has 0 spiro atoms. The molecule has 4 aliphatic heterocycles. The molecular formula is C94H113FN20O8. The summed E-state index contributed by atoms with van der Waals surface area (Å²) < 4.78 is 20.0. The van der Waals surface area contributed by atoms with Crippen molar-refractivity contribution in [3.63, 3.8) is 0 Å². The van der Waals surface area contributed by atoms with Crippen molar-refractivity contribution in [3.05, 3.63) is 191 Å². The first-order chi connectivity index (χ1) is 59.7. The second-order valence-electron chi connectivity index (χ2n) is 32.1. The molecule has 6 N–H and O–H groups in total. The van der Waals surface area contributed by atoms with Gasteiger partial charge in [0.25, 0.3) is 23.6 Å². The topological polar surface area (TPSA) is 375 Å². The third-order valence-corrected chi connectivity index (χ3v) is 23.6. The van der Waals surface area contributed by atoms with Crippen molar-refractivity contribution >= 4 is 65.0 Å². The van der Waals surface area contributed by atoms with Crippen LogP contribution in [0.3, 0.4) is 0 Å². The lowest BCUT2D eigenvalue weighted by atomic mass is 9.86. The van der Waals surface area contributed by atoms with Gasteiger partial charge in [-0.25, -0.2) is 44.3 Å². The first-order valence-electron chi connectivity index (χ1n) is 42.8. The molecule has 4 unspecified atom stereocenters. The van der Waals surface area contributed by atoms with Crippen LogP contribution in [0, 0.1) is 46.2 Å². The van der Waals surface area contributed by atoms with Gasteiger partial charge in [0.15, 0.2) is 0 Å². The molecule has 29 heteroatoms. The summed E-state index contributed by atoms with van der Waals surface area (Å²) >= 11 is 0. The minimum atomic E-state index is -0.395. The number of carbonyl (C=O) groups excluding carboxylic acids is 7. The van der Waals surface area contributed by atoms with Crippen molar-refractivity contribution in [3.8, 4) is 68.3 Å². The normalized spacial score (nSPS) is 17.6. The van der Waals surface area contributed by atoms with E-state index in [0.717, 1.165) is 137 Å². The van der Waals surface area contributed by atoms with E-state index < -0.39 is 5.82 Å². The molecule has 2 saturated carbocycles. The Morgan fingerprint density at radius 3 is 1.46 bits per heavy atom. The number of hydrogen-bond acceptors (Lipinski definition) is 22. The Balaban J connectivity index is 0.000000173. The highest BCUT2D eigenvalue weighted by Crippen LogP contribution is 2.35. The van der Waals surface area contributed by atoms with Crippen molar-refractivity contribution in [1.82, 2.24) is 60.3 Å². The summed E-state index contributed by atoms with van der Waals surface area (Å²) in [5, 5.41) is 24.3. The Bertz CT molecular complexity index is 5260. The lowest BCUT2D eigenvalue weighted by Gasteiger charge is -2.32. The van der Waals surface area contributed by atoms with E-state index in [2.05, 4.69) is 88.8 Å². The number of halogens is 1. The van der Waals surface area contributed by atoms with E-state index in [1.165, 1.54) is 25.1 Å². The molecular weight excluding hydrogens is 1560 g/mol. The van der Waals surface area contributed by atoms with Gasteiger partial charge in [-0.1, -0.05) is 130 Å². The number of morpholine rings is 1.